The van der Waals surface area contributed by atoms with Crippen molar-refractivity contribution in [2.24, 2.45) is 5.92 Å². The fourth-order valence-electron chi connectivity index (χ4n) is 1.96. The van der Waals surface area contributed by atoms with Gasteiger partial charge in [0.15, 0.2) is 0 Å². The topological polar surface area (TPSA) is 24.5 Å². The number of likely N-dealkylation sites (tertiary alicyclic amines) is 1. The van der Waals surface area contributed by atoms with E-state index in [2.05, 4.69) is 17.1 Å². The molecule has 0 radical (unpaired) electrons. The number of ether oxygens (including phenoxy) is 1. The first-order valence-corrected chi connectivity index (χ1v) is 5.75. The monoisotopic (exact) mass is 200 g/mol. The van der Waals surface area contributed by atoms with E-state index in [4.69, 9.17) is 4.74 Å². The quantitative estimate of drug-likeness (QED) is 0.619. The molecule has 1 heterocycles. The smallest absolute Gasteiger partial charge is 0.0587 e. The van der Waals surface area contributed by atoms with Gasteiger partial charge in [0.2, 0.25) is 0 Å². The van der Waals surface area contributed by atoms with Crippen LogP contribution in [0.3, 0.4) is 0 Å². The first-order valence-electron chi connectivity index (χ1n) is 5.75. The van der Waals surface area contributed by atoms with Crippen LogP contribution in [0.25, 0.3) is 0 Å². The van der Waals surface area contributed by atoms with E-state index >= 15 is 0 Å². The Balaban J connectivity index is 1.84. The third kappa shape index (κ3) is 4.94. The van der Waals surface area contributed by atoms with Gasteiger partial charge in [0, 0.05) is 20.2 Å². The van der Waals surface area contributed by atoms with Crippen LogP contribution in [0.4, 0.5) is 0 Å². The SMILES string of the molecule is COCCNCCCN1CCC(C)C1. The van der Waals surface area contributed by atoms with Crippen molar-refractivity contribution in [2.75, 3.05) is 46.4 Å². The molecule has 3 heteroatoms. The number of nitrogens with one attached hydrogen (secondary N) is 1. The predicted octanol–water partition coefficient (Wildman–Crippen LogP) is 0.954. The highest BCUT2D eigenvalue weighted by molar-refractivity contribution is 4.72. The Morgan fingerprint density at radius 3 is 2.93 bits per heavy atom. The average Bonchev–Trinajstić information content (AvgIpc) is 2.58. The summed E-state index contributed by atoms with van der Waals surface area (Å²) in [6, 6.07) is 0. The summed E-state index contributed by atoms with van der Waals surface area (Å²) in [6.07, 6.45) is 2.65. The van der Waals surface area contributed by atoms with Crippen LogP contribution in [0.5, 0.6) is 0 Å². The molecule has 1 atom stereocenters. The maximum atomic E-state index is 4.96. The van der Waals surface area contributed by atoms with E-state index < -0.39 is 0 Å². The zero-order valence-corrected chi connectivity index (χ0v) is 9.59. The molecule has 1 saturated heterocycles. The number of hydrogen-bond donors (Lipinski definition) is 1. The van der Waals surface area contributed by atoms with Gasteiger partial charge in [-0.05, 0) is 38.4 Å². The highest BCUT2D eigenvalue weighted by Gasteiger charge is 2.17. The van der Waals surface area contributed by atoms with Crippen LogP contribution in [-0.2, 0) is 4.74 Å². The Kier molecular flexibility index (Phi) is 6.15. The second kappa shape index (κ2) is 7.21. The molecule has 0 aliphatic carbocycles. The molecular formula is C11H24N2O. The lowest BCUT2D eigenvalue weighted by Gasteiger charge is -2.14. The molecule has 1 aliphatic heterocycles. The molecule has 0 amide bonds. The number of rotatable bonds is 7. The highest BCUT2D eigenvalue weighted by Crippen LogP contribution is 2.14. The lowest BCUT2D eigenvalue weighted by atomic mass is 10.2. The molecule has 1 N–H and O–H groups in total. The van der Waals surface area contributed by atoms with Gasteiger partial charge >= 0.3 is 0 Å². The summed E-state index contributed by atoms with van der Waals surface area (Å²) in [5, 5.41) is 3.37. The van der Waals surface area contributed by atoms with Gasteiger partial charge in [0.1, 0.15) is 0 Å². The number of nitrogens with zero attached hydrogens (tertiary/aromatic N) is 1. The molecule has 0 aromatic carbocycles. The van der Waals surface area contributed by atoms with Crippen LogP contribution in [-0.4, -0.2) is 51.3 Å². The lowest BCUT2D eigenvalue weighted by molar-refractivity contribution is 0.199. The van der Waals surface area contributed by atoms with E-state index in [9.17, 15) is 0 Å². The molecule has 1 unspecified atom stereocenters. The third-order valence-corrected chi connectivity index (χ3v) is 2.82. The minimum atomic E-state index is 0.820. The van der Waals surface area contributed by atoms with Crippen molar-refractivity contribution < 1.29 is 4.74 Å². The maximum Gasteiger partial charge on any atom is 0.0587 e. The van der Waals surface area contributed by atoms with Gasteiger partial charge in [-0.25, -0.2) is 0 Å². The van der Waals surface area contributed by atoms with Crippen molar-refractivity contribution >= 4 is 0 Å². The Morgan fingerprint density at radius 2 is 2.29 bits per heavy atom. The molecule has 14 heavy (non-hydrogen) atoms. The summed E-state index contributed by atoms with van der Waals surface area (Å²) in [5.41, 5.74) is 0. The molecule has 1 fully saturated rings. The number of hydrogen-bond acceptors (Lipinski definition) is 3. The Hall–Kier alpha value is -0.120. The van der Waals surface area contributed by atoms with E-state index in [1.54, 1.807) is 7.11 Å². The third-order valence-electron chi connectivity index (χ3n) is 2.82. The fourth-order valence-corrected chi connectivity index (χ4v) is 1.96. The van der Waals surface area contributed by atoms with Crippen molar-refractivity contribution in [3.8, 4) is 0 Å². The second-order valence-electron chi connectivity index (χ2n) is 4.29. The van der Waals surface area contributed by atoms with E-state index in [1.807, 2.05) is 0 Å². The van der Waals surface area contributed by atoms with Crippen molar-refractivity contribution in [1.29, 1.82) is 0 Å². The summed E-state index contributed by atoms with van der Waals surface area (Å²) in [5.74, 6) is 0.913. The van der Waals surface area contributed by atoms with Gasteiger partial charge in [0.25, 0.3) is 0 Å². The van der Waals surface area contributed by atoms with Crippen molar-refractivity contribution in [2.45, 2.75) is 19.8 Å². The van der Waals surface area contributed by atoms with Crippen LogP contribution in [0.15, 0.2) is 0 Å². The van der Waals surface area contributed by atoms with E-state index in [0.717, 1.165) is 25.6 Å². The molecule has 84 valence electrons. The summed E-state index contributed by atoms with van der Waals surface area (Å²) in [7, 11) is 1.74. The zero-order chi connectivity index (χ0) is 10.2. The minimum Gasteiger partial charge on any atom is -0.383 e. The van der Waals surface area contributed by atoms with Gasteiger partial charge in [0.05, 0.1) is 6.61 Å². The normalized spacial score (nSPS) is 23.1. The molecule has 0 aromatic heterocycles. The average molecular weight is 200 g/mol. The summed E-state index contributed by atoms with van der Waals surface area (Å²) < 4.78 is 4.96. The lowest BCUT2D eigenvalue weighted by Crippen LogP contribution is -2.26. The van der Waals surface area contributed by atoms with E-state index in [-0.39, 0.29) is 0 Å². The summed E-state index contributed by atoms with van der Waals surface area (Å²) in [4.78, 5) is 2.57. The fraction of sp³-hybridized carbons (Fsp3) is 1.00. The highest BCUT2D eigenvalue weighted by atomic mass is 16.5. The van der Waals surface area contributed by atoms with Crippen molar-refractivity contribution in [3.05, 3.63) is 0 Å². The maximum absolute atomic E-state index is 4.96. The van der Waals surface area contributed by atoms with Gasteiger partial charge in [-0.2, -0.15) is 0 Å². The Morgan fingerprint density at radius 1 is 1.43 bits per heavy atom. The standard InChI is InChI=1S/C11H24N2O/c1-11-4-8-13(10-11)7-3-5-12-6-9-14-2/h11-12H,3-10H2,1-2H3. The summed E-state index contributed by atoms with van der Waals surface area (Å²) >= 11 is 0. The second-order valence-corrected chi connectivity index (χ2v) is 4.29. The molecule has 1 rings (SSSR count). The van der Waals surface area contributed by atoms with Gasteiger partial charge < -0.3 is 15.0 Å². The first-order chi connectivity index (χ1) is 6.83. The van der Waals surface area contributed by atoms with Crippen LogP contribution >= 0.6 is 0 Å². The Labute approximate surface area is 87.8 Å². The largest absolute Gasteiger partial charge is 0.383 e. The van der Waals surface area contributed by atoms with E-state index in [0.29, 0.717) is 0 Å². The van der Waals surface area contributed by atoms with Crippen LogP contribution in [0.1, 0.15) is 19.8 Å². The van der Waals surface area contributed by atoms with Gasteiger partial charge in [-0.1, -0.05) is 6.92 Å². The van der Waals surface area contributed by atoms with Crippen LogP contribution < -0.4 is 5.32 Å². The van der Waals surface area contributed by atoms with Gasteiger partial charge in [-0.3, -0.25) is 0 Å². The Bertz CT molecular complexity index is 141. The van der Waals surface area contributed by atoms with Gasteiger partial charge in [-0.15, -0.1) is 0 Å². The molecule has 1 aliphatic rings. The number of methoxy groups -OCH3 is 1. The van der Waals surface area contributed by atoms with Crippen LogP contribution in [0, 0.1) is 5.92 Å². The zero-order valence-electron chi connectivity index (χ0n) is 9.59. The molecule has 0 aromatic rings. The molecule has 0 spiro atoms. The summed E-state index contributed by atoms with van der Waals surface area (Å²) in [6.45, 7) is 9.13. The van der Waals surface area contributed by atoms with Crippen molar-refractivity contribution in [1.82, 2.24) is 10.2 Å². The molecule has 0 bridgehead atoms. The van der Waals surface area contributed by atoms with Crippen LogP contribution in [0.2, 0.25) is 0 Å². The van der Waals surface area contributed by atoms with E-state index in [1.165, 1.54) is 32.5 Å². The molecular weight excluding hydrogens is 176 g/mol. The first kappa shape index (κ1) is 12.0. The minimum absolute atomic E-state index is 0.820. The molecule has 3 nitrogen and oxygen atoms in total. The predicted molar refractivity (Wildman–Crippen MR) is 59.6 cm³/mol. The van der Waals surface area contributed by atoms with Crippen molar-refractivity contribution in [3.63, 3.8) is 0 Å². The molecule has 0 saturated carbocycles.